The van der Waals surface area contributed by atoms with Gasteiger partial charge in [-0.15, -0.1) is 0 Å². The number of nitro groups is 1. The Labute approximate surface area is 115 Å². The van der Waals surface area contributed by atoms with Crippen LogP contribution in [0.25, 0.3) is 0 Å². The Hall–Kier alpha value is -2.41. The zero-order valence-corrected chi connectivity index (χ0v) is 11.4. The predicted octanol–water partition coefficient (Wildman–Crippen LogP) is 2.32. The minimum absolute atomic E-state index is 0.0102. The zero-order valence-electron chi connectivity index (χ0n) is 10.6. The van der Waals surface area contributed by atoms with Crippen molar-refractivity contribution in [1.29, 1.82) is 0 Å². The highest BCUT2D eigenvalue weighted by Gasteiger charge is 2.20. The van der Waals surface area contributed by atoms with Crippen LogP contribution < -0.4 is 5.73 Å². The SMILES string of the molecule is Cc1cc(N)ccc1S(=O)(=O)c1ccc([N+](=O)[O-])cc1. The summed E-state index contributed by atoms with van der Waals surface area (Å²) in [4.78, 5) is 10.1. The number of benzene rings is 2. The molecule has 0 heterocycles. The summed E-state index contributed by atoms with van der Waals surface area (Å²) in [5.41, 5.74) is 6.45. The summed E-state index contributed by atoms with van der Waals surface area (Å²) in [5.74, 6) is 0. The quantitative estimate of drug-likeness (QED) is 0.531. The van der Waals surface area contributed by atoms with E-state index >= 15 is 0 Å². The van der Waals surface area contributed by atoms with Gasteiger partial charge < -0.3 is 5.73 Å². The highest BCUT2D eigenvalue weighted by atomic mass is 32.2. The van der Waals surface area contributed by atoms with Crippen molar-refractivity contribution in [3.63, 3.8) is 0 Å². The van der Waals surface area contributed by atoms with Crippen molar-refractivity contribution in [2.24, 2.45) is 0 Å². The van der Waals surface area contributed by atoms with Crippen LogP contribution in [-0.2, 0) is 9.84 Å². The van der Waals surface area contributed by atoms with Crippen LogP contribution in [0, 0.1) is 17.0 Å². The minimum atomic E-state index is -3.71. The van der Waals surface area contributed by atoms with Crippen molar-refractivity contribution in [2.75, 3.05) is 5.73 Å². The van der Waals surface area contributed by atoms with Crippen LogP contribution in [0.2, 0.25) is 0 Å². The maximum Gasteiger partial charge on any atom is 0.269 e. The van der Waals surface area contributed by atoms with Gasteiger partial charge in [0.15, 0.2) is 0 Å². The van der Waals surface area contributed by atoms with Crippen molar-refractivity contribution < 1.29 is 13.3 Å². The van der Waals surface area contributed by atoms with Crippen LogP contribution in [0.5, 0.6) is 0 Å². The number of aryl methyl sites for hydroxylation is 1. The van der Waals surface area contributed by atoms with Crippen LogP contribution in [0.15, 0.2) is 52.3 Å². The molecule has 7 heteroatoms. The maximum absolute atomic E-state index is 12.4. The molecule has 0 radical (unpaired) electrons. The summed E-state index contributed by atoms with van der Waals surface area (Å²) >= 11 is 0. The Kier molecular flexibility index (Phi) is 3.46. The predicted molar refractivity (Wildman–Crippen MR) is 74.1 cm³/mol. The number of nitro benzene ring substituents is 1. The number of nitrogens with zero attached hydrogens (tertiary/aromatic N) is 1. The molecular weight excluding hydrogens is 280 g/mol. The Bertz CT molecular complexity index is 767. The molecule has 2 N–H and O–H groups in total. The van der Waals surface area contributed by atoms with E-state index in [9.17, 15) is 18.5 Å². The minimum Gasteiger partial charge on any atom is -0.399 e. The number of rotatable bonds is 3. The lowest BCUT2D eigenvalue weighted by molar-refractivity contribution is -0.384. The first kappa shape index (κ1) is 14.0. The molecule has 2 aromatic rings. The average Bonchev–Trinajstić information content (AvgIpc) is 2.38. The van der Waals surface area contributed by atoms with Gasteiger partial charge in [0.2, 0.25) is 9.84 Å². The molecule has 0 saturated carbocycles. The van der Waals surface area contributed by atoms with Gasteiger partial charge >= 0.3 is 0 Å². The summed E-state index contributed by atoms with van der Waals surface area (Å²) in [6.45, 7) is 1.65. The molecular formula is C13H12N2O4S. The van der Waals surface area contributed by atoms with Gasteiger partial charge in [-0.2, -0.15) is 0 Å². The van der Waals surface area contributed by atoms with Gasteiger partial charge in [0.1, 0.15) is 0 Å². The number of hydrogen-bond acceptors (Lipinski definition) is 5. The van der Waals surface area contributed by atoms with Crippen LogP contribution in [0.3, 0.4) is 0 Å². The lowest BCUT2D eigenvalue weighted by Crippen LogP contribution is -2.04. The zero-order chi connectivity index (χ0) is 14.9. The first-order valence-corrected chi connectivity index (χ1v) is 7.16. The topological polar surface area (TPSA) is 103 Å². The third-order valence-corrected chi connectivity index (χ3v) is 4.78. The van der Waals surface area contributed by atoms with Crippen molar-refractivity contribution in [2.45, 2.75) is 16.7 Å². The molecule has 0 atom stereocenters. The van der Waals surface area contributed by atoms with E-state index in [-0.39, 0.29) is 15.5 Å². The molecule has 104 valence electrons. The van der Waals surface area contributed by atoms with Crippen LogP contribution in [0.4, 0.5) is 11.4 Å². The first-order valence-electron chi connectivity index (χ1n) is 5.68. The van der Waals surface area contributed by atoms with Gasteiger partial charge in [0.25, 0.3) is 5.69 Å². The summed E-state index contributed by atoms with van der Waals surface area (Å²) in [6.07, 6.45) is 0. The lowest BCUT2D eigenvalue weighted by atomic mass is 10.2. The Morgan fingerprint density at radius 1 is 1.10 bits per heavy atom. The third-order valence-electron chi connectivity index (χ3n) is 2.85. The van der Waals surface area contributed by atoms with Gasteiger partial charge in [-0.05, 0) is 42.8 Å². The molecule has 0 unspecified atom stereocenters. The summed E-state index contributed by atoms with van der Waals surface area (Å²) in [5, 5.41) is 10.6. The van der Waals surface area contributed by atoms with Gasteiger partial charge in [0, 0.05) is 17.8 Å². The largest absolute Gasteiger partial charge is 0.399 e. The highest BCUT2D eigenvalue weighted by molar-refractivity contribution is 7.91. The second-order valence-corrected chi connectivity index (χ2v) is 6.20. The summed E-state index contributed by atoms with van der Waals surface area (Å²) in [7, 11) is -3.71. The van der Waals surface area contributed by atoms with E-state index in [0.717, 1.165) is 0 Å². The Morgan fingerprint density at radius 3 is 2.20 bits per heavy atom. The second-order valence-electron chi connectivity index (χ2n) is 4.28. The number of non-ortho nitro benzene ring substituents is 1. The van der Waals surface area contributed by atoms with Crippen LogP contribution >= 0.6 is 0 Å². The van der Waals surface area contributed by atoms with Crippen LogP contribution in [0.1, 0.15) is 5.56 Å². The van der Waals surface area contributed by atoms with E-state index in [1.165, 1.54) is 36.4 Å². The first-order chi connectivity index (χ1) is 9.32. The Balaban J connectivity index is 2.52. The highest BCUT2D eigenvalue weighted by Crippen LogP contribution is 2.26. The summed E-state index contributed by atoms with van der Waals surface area (Å²) < 4.78 is 24.9. The number of anilines is 1. The van der Waals surface area contributed by atoms with E-state index in [2.05, 4.69) is 0 Å². The van der Waals surface area contributed by atoms with Gasteiger partial charge in [-0.1, -0.05) is 0 Å². The van der Waals surface area contributed by atoms with Gasteiger partial charge in [0.05, 0.1) is 14.7 Å². The van der Waals surface area contributed by atoms with Gasteiger partial charge in [-0.3, -0.25) is 10.1 Å². The number of sulfone groups is 1. The number of nitrogen functional groups attached to an aromatic ring is 1. The third kappa shape index (κ3) is 2.48. The molecule has 2 aromatic carbocycles. The Morgan fingerprint density at radius 2 is 1.70 bits per heavy atom. The van der Waals surface area contributed by atoms with Crippen molar-refractivity contribution in [3.05, 3.63) is 58.1 Å². The van der Waals surface area contributed by atoms with E-state index < -0.39 is 14.8 Å². The number of nitrogens with two attached hydrogens (primary N) is 1. The van der Waals surface area contributed by atoms with Crippen molar-refractivity contribution >= 4 is 21.2 Å². The molecule has 0 aliphatic rings. The fourth-order valence-electron chi connectivity index (χ4n) is 1.85. The molecule has 0 aromatic heterocycles. The molecule has 0 amide bonds. The molecule has 0 bridgehead atoms. The molecule has 0 aliphatic carbocycles. The average molecular weight is 292 g/mol. The van der Waals surface area contributed by atoms with E-state index in [1.807, 2.05) is 0 Å². The molecule has 20 heavy (non-hydrogen) atoms. The number of hydrogen-bond donors (Lipinski definition) is 1. The molecule has 0 fully saturated rings. The van der Waals surface area contributed by atoms with Crippen molar-refractivity contribution in [3.8, 4) is 0 Å². The van der Waals surface area contributed by atoms with E-state index in [0.29, 0.717) is 11.3 Å². The van der Waals surface area contributed by atoms with E-state index in [1.54, 1.807) is 13.0 Å². The van der Waals surface area contributed by atoms with Crippen LogP contribution in [-0.4, -0.2) is 13.3 Å². The lowest BCUT2D eigenvalue weighted by Gasteiger charge is -2.08. The summed E-state index contributed by atoms with van der Waals surface area (Å²) in [6, 6.07) is 9.29. The van der Waals surface area contributed by atoms with Gasteiger partial charge in [-0.25, -0.2) is 8.42 Å². The molecule has 6 nitrogen and oxygen atoms in total. The standard InChI is InChI=1S/C13H12N2O4S/c1-9-8-10(14)2-7-13(9)20(18,19)12-5-3-11(4-6-12)15(16)17/h2-8H,14H2,1H3. The molecule has 0 saturated heterocycles. The fourth-order valence-corrected chi connectivity index (χ4v) is 3.33. The molecule has 0 aliphatic heterocycles. The fraction of sp³-hybridized carbons (Fsp3) is 0.0769. The smallest absolute Gasteiger partial charge is 0.269 e. The second kappa shape index (κ2) is 4.93. The normalized spacial score (nSPS) is 11.2. The molecule has 2 rings (SSSR count). The monoisotopic (exact) mass is 292 g/mol. The maximum atomic E-state index is 12.4. The van der Waals surface area contributed by atoms with Crippen molar-refractivity contribution in [1.82, 2.24) is 0 Å². The molecule has 0 spiro atoms. The van der Waals surface area contributed by atoms with E-state index in [4.69, 9.17) is 5.73 Å².